The molecule has 0 aliphatic carbocycles. The summed E-state index contributed by atoms with van der Waals surface area (Å²) in [4.78, 5) is 17.0. The molecule has 0 unspecified atom stereocenters. The molecule has 0 aliphatic rings. The number of halogens is 1. The van der Waals surface area contributed by atoms with Crippen LogP contribution in [0.5, 0.6) is 0 Å². The maximum atomic E-state index is 14.0. The summed E-state index contributed by atoms with van der Waals surface area (Å²) in [7, 11) is 0. The Morgan fingerprint density at radius 3 is 2.88 bits per heavy atom. The second-order valence-electron chi connectivity index (χ2n) is 5.67. The average molecular weight is 370 g/mol. The van der Waals surface area contributed by atoms with Crippen molar-refractivity contribution < 1.29 is 4.39 Å². The highest BCUT2D eigenvalue weighted by Crippen LogP contribution is 2.26. The second kappa shape index (κ2) is 6.34. The van der Waals surface area contributed by atoms with E-state index in [0.717, 1.165) is 11.4 Å². The zero-order valence-corrected chi connectivity index (χ0v) is 14.9. The van der Waals surface area contributed by atoms with Gasteiger partial charge in [0.25, 0.3) is 5.56 Å². The average Bonchev–Trinajstić information content (AvgIpc) is 3.20. The molecule has 3 heterocycles. The van der Waals surface area contributed by atoms with E-state index in [1.54, 1.807) is 24.4 Å². The molecular formula is C17H15FN6OS. The fourth-order valence-electron chi connectivity index (χ4n) is 2.60. The maximum Gasteiger partial charge on any atom is 0.275 e. The summed E-state index contributed by atoms with van der Waals surface area (Å²) < 4.78 is 16.8. The predicted molar refractivity (Wildman–Crippen MR) is 98.1 cm³/mol. The summed E-state index contributed by atoms with van der Waals surface area (Å²) in [5, 5.41) is 12.2. The molecule has 7 nitrogen and oxygen atoms in total. The van der Waals surface area contributed by atoms with Crippen molar-refractivity contribution >= 4 is 27.1 Å². The van der Waals surface area contributed by atoms with Crippen molar-refractivity contribution in [1.29, 1.82) is 0 Å². The smallest absolute Gasteiger partial charge is 0.275 e. The van der Waals surface area contributed by atoms with Gasteiger partial charge in [-0.25, -0.2) is 14.1 Å². The van der Waals surface area contributed by atoms with E-state index in [4.69, 9.17) is 0 Å². The standard InChI is InChI=1S/C17H15FN6OS/c1-3-11-8-15(25)24-17(20-11)26-16(22-24)21-13-9-19-23(10(13)2)14-7-5-4-6-12(14)18/h4-9H,3H2,1-2H3,(H,21,22). The predicted octanol–water partition coefficient (Wildman–Crippen LogP) is 3.09. The van der Waals surface area contributed by atoms with Crippen LogP contribution in [0.1, 0.15) is 18.3 Å². The van der Waals surface area contributed by atoms with Gasteiger partial charge in [0.05, 0.1) is 17.6 Å². The zero-order valence-electron chi connectivity index (χ0n) is 14.1. The molecule has 4 rings (SSSR count). The number of hydrogen-bond donors (Lipinski definition) is 1. The molecule has 0 amide bonds. The number of nitrogens with one attached hydrogen (secondary N) is 1. The molecule has 26 heavy (non-hydrogen) atoms. The van der Waals surface area contributed by atoms with Gasteiger partial charge in [-0.1, -0.05) is 30.4 Å². The minimum absolute atomic E-state index is 0.213. The van der Waals surface area contributed by atoms with Crippen molar-refractivity contribution in [3.05, 3.63) is 64.1 Å². The number of para-hydroxylation sites is 1. The van der Waals surface area contributed by atoms with E-state index >= 15 is 0 Å². The van der Waals surface area contributed by atoms with Crippen LogP contribution in [-0.2, 0) is 6.42 Å². The summed E-state index contributed by atoms with van der Waals surface area (Å²) in [6, 6.07) is 7.92. The highest BCUT2D eigenvalue weighted by molar-refractivity contribution is 7.20. The second-order valence-corrected chi connectivity index (χ2v) is 6.63. The molecule has 0 spiro atoms. The normalized spacial score (nSPS) is 11.2. The monoisotopic (exact) mass is 370 g/mol. The fourth-order valence-corrected chi connectivity index (χ4v) is 3.44. The summed E-state index contributed by atoms with van der Waals surface area (Å²) in [5.41, 5.74) is 2.29. The third kappa shape index (κ3) is 2.76. The lowest BCUT2D eigenvalue weighted by Gasteiger charge is -2.06. The van der Waals surface area contributed by atoms with Gasteiger partial charge in [0, 0.05) is 11.8 Å². The van der Waals surface area contributed by atoms with Crippen molar-refractivity contribution in [1.82, 2.24) is 24.4 Å². The van der Waals surface area contributed by atoms with Crippen molar-refractivity contribution in [2.45, 2.75) is 20.3 Å². The van der Waals surface area contributed by atoms with Gasteiger partial charge < -0.3 is 5.32 Å². The first-order valence-electron chi connectivity index (χ1n) is 8.03. The van der Waals surface area contributed by atoms with Crippen molar-refractivity contribution in [3.8, 4) is 5.69 Å². The minimum atomic E-state index is -0.354. The molecule has 0 bridgehead atoms. The third-order valence-electron chi connectivity index (χ3n) is 3.99. The molecule has 4 aromatic rings. The van der Waals surface area contributed by atoms with Crippen LogP contribution in [0.4, 0.5) is 15.2 Å². The summed E-state index contributed by atoms with van der Waals surface area (Å²) in [5.74, 6) is -0.354. The van der Waals surface area contributed by atoms with Gasteiger partial charge >= 0.3 is 0 Å². The van der Waals surface area contributed by atoms with Gasteiger partial charge in [0.1, 0.15) is 11.5 Å². The first-order valence-corrected chi connectivity index (χ1v) is 8.85. The number of aromatic nitrogens is 5. The molecule has 3 aromatic heterocycles. The summed E-state index contributed by atoms with van der Waals surface area (Å²) in [6.07, 6.45) is 2.28. The van der Waals surface area contributed by atoms with Crippen LogP contribution in [0.3, 0.4) is 0 Å². The largest absolute Gasteiger partial charge is 0.327 e. The van der Waals surface area contributed by atoms with Crippen LogP contribution < -0.4 is 10.9 Å². The van der Waals surface area contributed by atoms with E-state index in [9.17, 15) is 9.18 Å². The topological polar surface area (TPSA) is 77.1 Å². The summed E-state index contributed by atoms with van der Waals surface area (Å²) in [6.45, 7) is 3.77. The van der Waals surface area contributed by atoms with Gasteiger partial charge in [-0.3, -0.25) is 4.79 Å². The Balaban J connectivity index is 1.70. The van der Waals surface area contributed by atoms with Crippen LogP contribution in [0.25, 0.3) is 10.6 Å². The van der Waals surface area contributed by atoms with Gasteiger partial charge in [0.2, 0.25) is 10.1 Å². The maximum absolute atomic E-state index is 14.0. The molecule has 132 valence electrons. The first-order chi connectivity index (χ1) is 12.6. The summed E-state index contributed by atoms with van der Waals surface area (Å²) >= 11 is 1.27. The molecule has 1 aromatic carbocycles. The van der Waals surface area contributed by atoms with Crippen LogP contribution in [-0.4, -0.2) is 24.4 Å². The Morgan fingerprint density at radius 1 is 1.31 bits per heavy atom. The quantitative estimate of drug-likeness (QED) is 0.597. The fraction of sp³-hybridized carbons (Fsp3) is 0.176. The number of hydrogen-bond acceptors (Lipinski definition) is 6. The Hall–Kier alpha value is -3.07. The lowest BCUT2D eigenvalue weighted by Crippen LogP contribution is -2.15. The lowest BCUT2D eigenvalue weighted by atomic mass is 10.3. The van der Waals surface area contributed by atoms with E-state index in [0.29, 0.717) is 27.9 Å². The molecule has 0 aliphatic heterocycles. The molecule has 0 radical (unpaired) electrons. The van der Waals surface area contributed by atoms with E-state index in [1.165, 1.54) is 32.7 Å². The molecule has 0 atom stereocenters. The van der Waals surface area contributed by atoms with Gasteiger partial charge in [0.15, 0.2) is 0 Å². The highest BCUT2D eigenvalue weighted by Gasteiger charge is 2.14. The lowest BCUT2D eigenvalue weighted by molar-refractivity contribution is 0.608. The zero-order chi connectivity index (χ0) is 18.3. The van der Waals surface area contributed by atoms with E-state index < -0.39 is 0 Å². The van der Waals surface area contributed by atoms with Gasteiger partial charge in [-0.05, 0) is 25.5 Å². The first kappa shape index (κ1) is 16.4. The van der Waals surface area contributed by atoms with Crippen LogP contribution >= 0.6 is 11.3 Å². The Bertz CT molecular complexity index is 1160. The molecule has 0 fully saturated rings. The molecular weight excluding hydrogens is 355 g/mol. The Kier molecular flexibility index (Phi) is 4.00. The molecule has 1 N–H and O–H groups in total. The molecule has 9 heteroatoms. The van der Waals surface area contributed by atoms with E-state index in [-0.39, 0.29) is 11.4 Å². The van der Waals surface area contributed by atoms with Crippen LogP contribution in [0.15, 0.2) is 41.3 Å². The van der Waals surface area contributed by atoms with Crippen molar-refractivity contribution in [3.63, 3.8) is 0 Å². The van der Waals surface area contributed by atoms with Crippen molar-refractivity contribution in [2.24, 2.45) is 0 Å². The number of benzene rings is 1. The number of rotatable bonds is 4. The number of nitrogens with zero attached hydrogens (tertiary/aromatic N) is 5. The number of fused-ring (bicyclic) bond motifs is 1. The van der Waals surface area contributed by atoms with E-state index in [1.807, 2.05) is 13.8 Å². The molecule has 0 saturated carbocycles. The van der Waals surface area contributed by atoms with Crippen LogP contribution in [0.2, 0.25) is 0 Å². The SMILES string of the molecule is CCc1cc(=O)n2nc(Nc3cnn(-c4ccccc4F)c3C)sc2n1. The number of anilines is 2. The Labute approximate surface area is 151 Å². The Morgan fingerprint density at radius 2 is 2.12 bits per heavy atom. The number of aryl methyl sites for hydroxylation is 1. The van der Waals surface area contributed by atoms with Gasteiger partial charge in [-0.2, -0.15) is 9.61 Å². The van der Waals surface area contributed by atoms with Crippen LogP contribution in [0, 0.1) is 12.7 Å². The van der Waals surface area contributed by atoms with Crippen molar-refractivity contribution in [2.75, 3.05) is 5.32 Å². The highest BCUT2D eigenvalue weighted by atomic mass is 32.1. The van der Waals surface area contributed by atoms with Gasteiger partial charge in [-0.15, -0.1) is 5.10 Å². The minimum Gasteiger partial charge on any atom is -0.327 e. The molecule has 0 saturated heterocycles. The third-order valence-corrected chi connectivity index (χ3v) is 4.82. The van der Waals surface area contributed by atoms with E-state index in [2.05, 4.69) is 20.5 Å².